The molecule has 0 aromatic carbocycles. The minimum Gasteiger partial charge on any atom is -0.469 e. The molecule has 0 bridgehead atoms. The Labute approximate surface area is 189 Å². The Hall–Kier alpha value is -0.940. The number of nitrogens with zero attached hydrogens (tertiary/aromatic N) is 2. The van der Waals surface area contributed by atoms with Crippen LogP contribution in [0.1, 0.15) is 25.0 Å². The quantitative estimate of drug-likeness (QED) is 0.212. The predicted molar refractivity (Wildman–Crippen MR) is 126 cm³/mol. The number of ether oxygens (including phenoxy) is 1. The van der Waals surface area contributed by atoms with E-state index < -0.39 is 0 Å². The van der Waals surface area contributed by atoms with E-state index >= 15 is 0 Å². The molecule has 0 saturated carbocycles. The highest BCUT2D eigenvalue weighted by molar-refractivity contribution is 14.0. The summed E-state index contributed by atoms with van der Waals surface area (Å²) in [5.41, 5.74) is 0. The molecule has 0 aliphatic carbocycles. The number of rotatable bonds is 10. The van der Waals surface area contributed by atoms with Gasteiger partial charge in [-0.3, -0.25) is 9.79 Å². The molecule has 1 saturated heterocycles. The van der Waals surface area contributed by atoms with Gasteiger partial charge in [0, 0.05) is 45.0 Å². The van der Waals surface area contributed by atoms with E-state index in [4.69, 9.17) is 9.15 Å². The Morgan fingerprint density at radius 1 is 1.43 bits per heavy atom. The number of hydrogen-bond acceptors (Lipinski definition) is 5. The first kappa shape index (κ1) is 25.1. The molecular weight excluding hydrogens is 491 g/mol. The van der Waals surface area contributed by atoms with Gasteiger partial charge in [0.25, 0.3) is 0 Å². The minimum absolute atomic E-state index is 0. The van der Waals surface area contributed by atoms with Gasteiger partial charge in [-0.15, -0.1) is 24.0 Å². The molecule has 0 radical (unpaired) electrons. The third kappa shape index (κ3) is 9.51. The van der Waals surface area contributed by atoms with Crippen molar-refractivity contribution in [1.29, 1.82) is 0 Å². The fourth-order valence-electron chi connectivity index (χ4n) is 2.97. The lowest BCUT2D eigenvalue weighted by molar-refractivity contribution is -0.133. The maximum Gasteiger partial charge on any atom is 0.224 e. The first-order valence-electron chi connectivity index (χ1n) is 9.55. The highest BCUT2D eigenvalue weighted by atomic mass is 127. The lowest BCUT2D eigenvalue weighted by Gasteiger charge is -2.33. The zero-order chi connectivity index (χ0) is 19.3. The summed E-state index contributed by atoms with van der Waals surface area (Å²) in [7, 11) is 1.63. The van der Waals surface area contributed by atoms with Crippen molar-refractivity contribution in [3.63, 3.8) is 0 Å². The van der Waals surface area contributed by atoms with Crippen LogP contribution in [0.15, 0.2) is 27.8 Å². The molecule has 0 unspecified atom stereocenters. The molecule has 2 N–H and O–H groups in total. The molecule has 1 aromatic rings. The molecule has 1 fully saturated rings. The van der Waals surface area contributed by atoms with Crippen molar-refractivity contribution in [2.24, 2.45) is 4.99 Å². The van der Waals surface area contributed by atoms with E-state index in [0.717, 1.165) is 62.9 Å². The molecule has 7 nitrogen and oxygen atoms in total. The Morgan fingerprint density at radius 2 is 2.21 bits per heavy atom. The predicted octanol–water partition coefficient (Wildman–Crippen LogP) is 2.37. The first-order chi connectivity index (χ1) is 13.2. The summed E-state index contributed by atoms with van der Waals surface area (Å²) in [6, 6.07) is 4.22. The zero-order valence-corrected chi connectivity index (χ0v) is 20.0. The number of piperidine rings is 1. The van der Waals surface area contributed by atoms with Crippen molar-refractivity contribution in [3.8, 4) is 0 Å². The number of carbonyl (C=O) groups is 1. The zero-order valence-electron chi connectivity index (χ0n) is 16.8. The van der Waals surface area contributed by atoms with Gasteiger partial charge < -0.3 is 24.7 Å². The second-order valence-corrected chi connectivity index (χ2v) is 7.51. The third-order valence-corrected chi connectivity index (χ3v) is 5.11. The summed E-state index contributed by atoms with van der Waals surface area (Å²) in [6.45, 7) is 3.61. The Bertz CT molecular complexity index is 564. The Kier molecular flexibility index (Phi) is 13.4. The SMILES string of the molecule is COCCC(=O)N1CCC(NC(=NCCSC)NCCc2ccco2)CC1.I. The summed E-state index contributed by atoms with van der Waals surface area (Å²) < 4.78 is 10.4. The van der Waals surface area contributed by atoms with Crippen LogP contribution < -0.4 is 10.6 Å². The van der Waals surface area contributed by atoms with Gasteiger partial charge in [0.15, 0.2) is 5.96 Å². The van der Waals surface area contributed by atoms with Crippen molar-refractivity contribution in [2.75, 3.05) is 51.9 Å². The average molecular weight is 524 g/mol. The van der Waals surface area contributed by atoms with Gasteiger partial charge in [-0.2, -0.15) is 11.8 Å². The van der Waals surface area contributed by atoms with Crippen molar-refractivity contribution in [3.05, 3.63) is 24.2 Å². The summed E-state index contributed by atoms with van der Waals surface area (Å²) >= 11 is 1.79. The van der Waals surface area contributed by atoms with Crippen LogP contribution in [0.4, 0.5) is 0 Å². The highest BCUT2D eigenvalue weighted by Gasteiger charge is 2.23. The van der Waals surface area contributed by atoms with Gasteiger partial charge in [0.1, 0.15) is 5.76 Å². The first-order valence-corrected chi connectivity index (χ1v) is 10.9. The lowest BCUT2D eigenvalue weighted by atomic mass is 10.0. The average Bonchev–Trinajstić information content (AvgIpc) is 3.20. The van der Waals surface area contributed by atoms with Crippen molar-refractivity contribution >= 4 is 47.6 Å². The number of hydrogen-bond donors (Lipinski definition) is 2. The standard InChI is InChI=1S/C19H32N4O3S.HI/c1-25-14-8-18(24)23-11-6-16(7-12-23)22-19(21-10-15-27-2)20-9-5-17-4-3-13-26-17;/h3-4,13,16H,5-12,14-15H2,1-2H3,(H2,20,21,22);1H. The number of likely N-dealkylation sites (tertiary alicyclic amines) is 1. The number of amides is 1. The second-order valence-electron chi connectivity index (χ2n) is 6.52. The summed E-state index contributed by atoms with van der Waals surface area (Å²) in [5, 5.41) is 6.93. The maximum absolute atomic E-state index is 12.1. The number of furan rings is 1. The fraction of sp³-hybridized carbons (Fsp3) is 0.684. The van der Waals surface area contributed by atoms with Crippen molar-refractivity contribution < 1.29 is 13.9 Å². The topological polar surface area (TPSA) is 79.1 Å². The summed E-state index contributed by atoms with van der Waals surface area (Å²) in [5.74, 6) is 2.99. The van der Waals surface area contributed by atoms with E-state index in [9.17, 15) is 4.79 Å². The van der Waals surface area contributed by atoms with Gasteiger partial charge in [0.05, 0.1) is 25.8 Å². The van der Waals surface area contributed by atoms with Crippen LogP contribution in [-0.4, -0.2) is 74.7 Å². The van der Waals surface area contributed by atoms with Gasteiger partial charge in [-0.1, -0.05) is 0 Å². The highest BCUT2D eigenvalue weighted by Crippen LogP contribution is 2.11. The number of aliphatic imine (C=N–C) groups is 1. The van der Waals surface area contributed by atoms with E-state index in [1.807, 2.05) is 17.0 Å². The van der Waals surface area contributed by atoms with Crippen LogP contribution in [0, 0.1) is 0 Å². The van der Waals surface area contributed by atoms with Crippen LogP contribution in [0.2, 0.25) is 0 Å². The maximum atomic E-state index is 12.1. The van der Waals surface area contributed by atoms with Gasteiger partial charge in [-0.05, 0) is 31.2 Å². The number of guanidine groups is 1. The Morgan fingerprint density at radius 3 is 2.86 bits per heavy atom. The number of halogens is 1. The van der Waals surface area contributed by atoms with E-state index in [0.29, 0.717) is 19.1 Å². The van der Waals surface area contributed by atoms with E-state index in [1.165, 1.54) is 0 Å². The molecule has 28 heavy (non-hydrogen) atoms. The molecule has 1 aromatic heterocycles. The van der Waals surface area contributed by atoms with Gasteiger partial charge >= 0.3 is 0 Å². The van der Waals surface area contributed by atoms with Crippen LogP contribution in [0.25, 0.3) is 0 Å². The van der Waals surface area contributed by atoms with Crippen molar-refractivity contribution in [2.45, 2.75) is 31.7 Å². The molecule has 9 heteroatoms. The summed E-state index contributed by atoms with van der Waals surface area (Å²) in [4.78, 5) is 18.7. The Balaban J connectivity index is 0.00000392. The summed E-state index contributed by atoms with van der Waals surface area (Å²) in [6.07, 6.45) is 6.93. The number of nitrogens with one attached hydrogen (secondary N) is 2. The molecule has 160 valence electrons. The van der Waals surface area contributed by atoms with Gasteiger partial charge in [0.2, 0.25) is 5.91 Å². The van der Waals surface area contributed by atoms with E-state index in [2.05, 4.69) is 21.9 Å². The van der Waals surface area contributed by atoms with Crippen molar-refractivity contribution in [1.82, 2.24) is 15.5 Å². The van der Waals surface area contributed by atoms with Gasteiger partial charge in [-0.25, -0.2) is 0 Å². The van der Waals surface area contributed by atoms with E-state index in [-0.39, 0.29) is 29.9 Å². The molecular formula is C19H33IN4O3S. The molecule has 2 heterocycles. The minimum atomic E-state index is 0. The molecule has 2 rings (SSSR count). The number of thioether (sulfide) groups is 1. The lowest BCUT2D eigenvalue weighted by Crippen LogP contribution is -2.50. The van der Waals surface area contributed by atoms with Crippen LogP contribution >= 0.6 is 35.7 Å². The fourth-order valence-corrected chi connectivity index (χ4v) is 3.25. The normalized spacial score (nSPS) is 15.2. The van der Waals surface area contributed by atoms with Crippen LogP contribution in [0.5, 0.6) is 0 Å². The molecule has 1 aliphatic rings. The smallest absolute Gasteiger partial charge is 0.224 e. The molecule has 0 spiro atoms. The monoisotopic (exact) mass is 524 g/mol. The van der Waals surface area contributed by atoms with Crippen LogP contribution in [0.3, 0.4) is 0 Å². The molecule has 1 amide bonds. The largest absolute Gasteiger partial charge is 0.469 e. The third-order valence-electron chi connectivity index (χ3n) is 4.52. The van der Waals surface area contributed by atoms with Crippen LogP contribution in [-0.2, 0) is 16.0 Å². The van der Waals surface area contributed by atoms with E-state index in [1.54, 1.807) is 25.1 Å². The number of methoxy groups -OCH3 is 1. The number of carbonyl (C=O) groups excluding carboxylic acids is 1. The second kappa shape index (κ2) is 15.0. The molecule has 0 atom stereocenters. The molecule has 1 aliphatic heterocycles.